The maximum Gasteiger partial charge on any atom is 0.248 e. The molecule has 6 nitrogen and oxygen atoms in total. The van der Waals surface area contributed by atoms with Gasteiger partial charge >= 0.3 is 0 Å². The molecule has 4 N–H and O–H groups in total. The molecule has 6 heteroatoms. The minimum absolute atomic E-state index is 0.271. The van der Waals surface area contributed by atoms with Gasteiger partial charge < -0.3 is 15.9 Å². The van der Waals surface area contributed by atoms with E-state index in [0.717, 1.165) is 43.7 Å². The molecular formula is C12H24N2O4. The molecule has 0 aromatic heterocycles. The van der Waals surface area contributed by atoms with Crippen molar-refractivity contribution in [3.63, 3.8) is 0 Å². The molecular weight excluding hydrogens is 236 g/mol. The summed E-state index contributed by atoms with van der Waals surface area (Å²) in [5, 5.41) is 19.9. The Morgan fingerprint density at radius 1 is 1.33 bits per heavy atom. The van der Waals surface area contributed by atoms with E-state index in [-0.39, 0.29) is 12.3 Å². The smallest absolute Gasteiger partial charge is 0.248 e. The van der Waals surface area contributed by atoms with E-state index in [1.807, 2.05) is 0 Å². The molecule has 2 unspecified atom stereocenters. The van der Waals surface area contributed by atoms with Gasteiger partial charge in [0.25, 0.3) is 0 Å². The lowest BCUT2D eigenvalue weighted by atomic mass is 10.1. The Morgan fingerprint density at radius 3 is 2.61 bits per heavy atom. The Kier molecular flexibility index (Phi) is 7.19. The number of hydroxylamine groups is 2. The van der Waals surface area contributed by atoms with Crippen LogP contribution in [0.3, 0.4) is 0 Å². The summed E-state index contributed by atoms with van der Waals surface area (Å²) in [6.07, 6.45) is 4.25. The maximum absolute atomic E-state index is 11.3. The molecule has 0 radical (unpaired) electrons. The van der Waals surface area contributed by atoms with E-state index in [1.54, 1.807) is 0 Å². The molecule has 18 heavy (non-hydrogen) atoms. The van der Waals surface area contributed by atoms with Crippen LogP contribution in [-0.4, -0.2) is 40.2 Å². The van der Waals surface area contributed by atoms with Crippen LogP contribution in [0.4, 0.5) is 0 Å². The second-order valence-corrected chi connectivity index (χ2v) is 4.64. The molecule has 1 aliphatic rings. The van der Waals surface area contributed by atoms with Gasteiger partial charge in [-0.3, -0.25) is 4.79 Å². The lowest BCUT2D eigenvalue weighted by Crippen LogP contribution is -2.36. The van der Waals surface area contributed by atoms with Crippen molar-refractivity contribution in [2.45, 2.75) is 63.9 Å². The molecule has 1 amide bonds. The first-order valence-electron chi connectivity index (χ1n) is 6.70. The van der Waals surface area contributed by atoms with E-state index < -0.39 is 12.5 Å². The molecule has 1 rings (SSSR count). The maximum atomic E-state index is 11.3. The molecule has 1 aliphatic heterocycles. The number of unbranched alkanes of at least 4 members (excludes halogenated alkanes) is 4. The van der Waals surface area contributed by atoms with E-state index in [2.05, 4.69) is 0 Å². The number of aliphatic hydroxyl groups excluding tert-OH is 2. The minimum atomic E-state index is -1.02. The van der Waals surface area contributed by atoms with E-state index in [9.17, 15) is 15.0 Å². The van der Waals surface area contributed by atoms with E-state index in [0.29, 0.717) is 12.8 Å². The van der Waals surface area contributed by atoms with Gasteiger partial charge in [0, 0.05) is 19.3 Å². The standard InChI is InChI=1S/C12H24N2O4/c13-9-5-3-1-2-4-6-12(17)18-14-10(15)7-8-11(14)16/h10,12,15,17H,1-9,13H2. The van der Waals surface area contributed by atoms with Gasteiger partial charge in [-0.05, 0) is 19.4 Å². The minimum Gasteiger partial charge on any atom is -0.371 e. The van der Waals surface area contributed by atoms with E-state index >= 15 is 0 Å². The number of carbonyl (C=O) groups excluding carboxylic acids is 1. The van der Waals surface area contributed by atoms with Crippen molar-refractivity contribution in [2.24, 2.45) is 5.73 Å². The molecule has 1 saturated heterocycles. The average Bonchev–Trinajstić information content (AvgIpc) is 2.65. The lowest BCUT2D eigenvalue weighted by Gasteiger charge is -2.22. The summed E-state index contributed by atoms with van der Waals surface area (Å²) < 4.78 is 0. The van der Waals surface area contributed by atoms with Gasteiger partial charge in [0.2, 0.25) is 5.91 Å². The van der Waals surface area contributed by atoms with Crippen LogP contribution in [0.15, 0.2) is 0 Å². The normalized spacial score (nSPS) is 21.6. The zero-order valence-electron chi connectivity index (χ0n) is 10.8. The largest absolute Gasteiger partial charge is 0.371 e. The van der Waals surface area contributed by atoms with Gasteiger partial charge in [0.1, 0.15) is 0 Å². The number of hydrogen-bond donors (Lipinski definition) is 3. The highest BCUT2D eigenvalue weighted by atomic mass is 16.8. The summed E-state index contributed by atoms with van der Waals surface area (Å²) in [5.74, 6) is -0.274. The number of aliphatic hydroxyl groups is 2. The molecule has 0 saturated carbocycles. The zero-order chi connectivity index (χ0) is 13.4. The fraction of sp³-hybridized carbons (Fsp3) is 0.917. The molecule has 0 aromatic carbocycles. The van der Waals surface area contributed by atoms with Crippen LogP contribution in [0.25, 0.3) is 0 Å². The Morgan fingerprint density at radius 2 is 2.00 bits per heavy atom. The first kappa shape index (κ1) is 15.4. The number of hydrogen-bond acceptors (Lipinski definition) is 5. The van der Waals surface area contributed by atoms with Crippen molar-refractivity contribution >= 4 is 5.91 Å². The second-order valence-electron chi connectivity index (χ2n) is 4.64. The summed E-state index contributed by atoms with van der Waals surface area (Å²) in [4.78, 5) is 16.3. The number of carbonyl (C=O) groups is 1. The first-order valence-corrected chi connectivity index (χ1v) is 6.70. The highest BCUT2D eigenvalue weighted by Crippen LogP contribution is 2.19. The van der Waals surface area contributed by atoms with Crippen LogP contribution in [-0.2, 0) is 9.63 Å². The van der Waals surface area contributed by atoms with Gasteiger partial charge in [0.15, 0.2) is 12.5 Å². The fourth-order valence-corrected chi connectivity index (χ4v) is 1.95. The highest BCUT2D eigenvalue weighted by Gasteiger charge is 2.32. The summed E-state index contributed by atoms with van der Waals surface area (Å²) in [6, 6.07) is 0. The Labute approximate surface area is 108 Å². The van der Waals surface area contributed by atoms with Crippen molar-refractivity contribution in [2.75, 3.05) is 6.54 Å². The number of nitrogens with two attached hydrogens (primary N) is 1. The van der Waals surface area contributed by atoms with Crippen molar-refractivity contribution in [1.82, 2.24) is 5.06 Å². The molecule has 0 aliphatic carbocycles. The van der Waals surface area contributed by atoms with Crippen LogP contribution >= 0.6 is 0 Å². The molecule has 0 spiro atoms. The van der Waals surface area contributed by atoms with Crippen molar-refractivity contribution in [1.29, 1.82) is 0 Å². The van der Waals surface area contributed by atoms with Gasteiger partial charge in [-0.25, -0.2) is 4.84 Å². The van der Waals surface area contributed by atoms with Crippen LogP contribution in [0.1, 0.15) is 51.4 Å². The van der Waals surface area contributed by atoms with Crippen LogP contribution in [0, 0.1) is 0 Å². The molecule has 0 bridgehead atoms. The van der Waals surface area contributed by atoms with Crippen LogP contribution in [0.2, 0.25) is 0 Å². The summed E-state index contributed by atoms with van der Waals surface area (Å²) in [5.41, 5.74) is 5.39. The summed E-state index contributed by atoms with van der Waals surface area (Å²) in [6.45, 7) is 0.723. The van der Waals surface area contributed by atoms with E-state index in [4.69, 9.17) is 10.6 Å². The molecule has 2 atom stereocenters. The third-order valence-corrected chi connectivity index (χ3v) is 3.02. The molecule has 1 heterocycles. The third-order valence-electron chi connectivity index (χ3n) is 3.02. The summed E-state index contributed by atoms with van der Waals surface area (Å²) in [7, 11) is 0. The zero-order valence-corrected chi connectivity index (χ0v) is 10.8. The number of nitrogens with zero attached hydrogens (tertiary/aromatic N) is 1. The van der Waals surface area contributed by atoms with Gasteiger partial charge in [-0.15, -0.1) is 0 Å². The van der Waals surface area contributed by atoms with E-state index in [1.165, 1.54) is 0 Å². The van der Waals surface area contributed by atoms with Gasteiger partial charge in [-0.1, -0.05) is 19.3 Å². The molecule has 106 valence electrons. The monoisotopic (exact) mass is 260 g/mol. The topological polar surface area (TPSA) is 96.0 Å². The predicted molar refractivity (Wildman–Crippen MR) is 65.9 cm³/mol. The van der Waals surface area contributed by atoms with Crippen molar-refractivity contribution in [3.8, 4) is 0 Å². The Bertz CT molecular complexity index is 250. The Balaban J connectivity index is 2.06. The predicted octanol–water partition coefficient (Wildman–Crippen LogP) is 0.476. The summed E-state index contributed by atoms with van der Waals surface area (Å²) >= 11 is 0. The van der Waals surface area contributed by atoms with Gasteiger partial charge in [-0.2, -0.15) is 5.06 Å². The highest BCUT2D eigenvalue weighted by molar-refractivity contribution is 5.77. The Hall–Kier alpha value is -0.690. The third kappa shape index (κ3) is 5.30. The quantitative estimate of drug-likeness (QED) is 0.414. The SMILES string of the molecule is NCCCCCCCC(O)ON1C(=O)CCC1O. The number of amides is 1. The second kappa shape index (κ2) is 8.42. The average molecular weight is 260 g/mol. The molecule has 0 aromatic rings. The lowest BCUT2D eigenvalue weighted by molar-refractivity contribution is -0.287. The number of rotatable bonds is 9. The van der Waals surface area contributed by atoms with Crippen LogP contribution < -0.4 is 5.73 Å². The molecule has 1 fully saturated rings. The first-order chi connectivity index (χ1) is 8.65. The van der Waals surface area contributed by atoms with Crippen LogP contribution in [0.5, 0.6) is 0 Å². The van der Waals surface area contributed by atoms with Crippen molar-refractivity contribution in [3.05, 3.63) is 0 Å². The van der Waals surface area contributed by atoms with Gasteiger partial charge in [0.05, 0.1) is 0 Å². The fourth-order valence-electron chi connectivity index (χ4n) is 1.95. The van der Waals surface area contributed by atoms with Crippen molar-refractivity contribution < 1.29 is 19.8 Å².